The first-order valence-electron chi connectivity index (χ1n) is 5.66. The van der Waals surface area contributed by atoms with Crippen LogP contribution in [-0.4, -0.2) is 25.5 Å². The monoisotopic (exact) mass is 289 g/mol. The Morgan fingerprint density at radius 3 is 2.42 bits per heavy atom. The van der Waals surface area contributed by atoms with E-state index < -0.39 is 33.8 Å². The second kappa shape index (κ2) is 5.66. The summed E-state index contributed by atoms with van der Waals surface area (Å²) in [4.78, 5) is 10.8. The number of hydrogen-bond acceptors (Lipinski definition) is 3. The topological polar surface area (TPSA) is 83.5 Å². The van der Waals surface area contributed by atoms with E-state index in [2.05, 4.69) is 4.72 Å². The molecular weight excluding hydrogens is 273 g/mol. The van der Waals surface area contributed by atoms with Gasteiger partial charge in [-0.3, -0.25) is 4.79 Å². The van der Waals surface area contributed by atoms with Gasteiger partial charge >= 0.3 is 5.97 Å². The maximum absolute atomic E-state index is 13.1. The van der Waals surface area contributed by atoms with Gasteiger partial charge in [-0.15, -0.1) is 0 Å². The molecule has 0 aliphatic heterocycles. The number of sulfonamides is 1. The van der Waals surface area contributed by atoms with Crippen molar-refractivity contribution in [2.24, 2.45) is 5.92 Å². The third-order valence-corrected chi connectivity index (χ3v) is 4.24. The molecule has 1 aromatic rings. The van der Waals surface area contributed by atoms with Gasteiger partial charge in [0, 0.05) is 0 Å². The van der Waals surface area contributed by atoms with Crippen molar-refractivity contribution in [1.29, 1.82) is 0 Å². The third kappa shape index (κ3) is 3.74. The van der Waals surface area contributed by atoms with E-state index in [0.717, 1.165) is 12.1 Å². The summed E-state index contributed by atoms with van der Waals surface area (Å²) in [6, 6.07) is 2.09. The summed E-state index contributed by atoms with van der Waals surface area (Å²) in [5.74, 6) is -2.39. The number of benzene rings is 1. The molecule has 7 heteroatoms. The van der Waals surface area contributed by atoms with E-state index in [4.69, 9.17) is 5.11 Å². The molecule has 0 heterocycles. The van der Waals surface area contributed by atoms with E-state index in [0.29, 0.717) is 5.56 Å². The molecular formula is C12H16FNO4S. The van der Waals surface area contributed by atoms with Crippen LogP contribution in [0.5, 0.6) is 0 Å². The second-order valence-corrected chi connectivity index (χ2v) is 6.27. The minimum Gasteiger partial charge on any atom is -0.480 e. The van der Waals surface area contributed by atoms with Gasteiger partial charge in [0.05, 0.1) is 4.90 Å². The Kier molecular flexibility index (Phi) is 4.65. The average molecular weight is 289 g/mol. The van der Waals surface area contributed by atoms with Gasteiger partial charge in [0.15, 0.2) is 0 Å². The molecule has 2 N–H and O–H groups in total. The summed E-state index contributed by atoms with van der Waals surface area (Å²) in [6.45, 7) is 4.68. The van der Waals surface area contributed by atoms with Gasteiger partial charge in [-0.1, -0.05) is 19.9 Å². The Hall–Kier alpha value is -1.47. The maximum Gasteiger partial charge on any atom is 0.322 e. The van der Waals surface area contributed by atoms with E-state index in [1.54, 1.807) is 13.8 Å². The Morgan fingerprint density at radius 1 is 1.37 bits per heavy atom. The molecule has 1 rings (SSSR count). The lowest BCUT2D eigenvalue weighted by Gasteiger charge is -2.18. The lowest BCUT2D eigenvalue weighted by atomic mass is 10.1. The van der Waals surface area contributed by atoms with Crippen LogP contribution >= 0.6 is 0 Å². The van der Waals surface area contributed by atoms with Crippen LogP contribution in [0, 0.1) is 18.7 Å². The molecule has 0 radical (unpaired) electrons. The molecule has 0 aliphatic carbocycles. The van der Waals surface area contributed by atoms with Gasteiger partial charge in [-0.25, -0.2) is 12.8 Å². The summed E-state index contributed by atoms with van der Waals surface area (Å²) in [6.07, 6.45) is 0. The van der Waals surface area contributed by atoms with E-state index in [1.165, 1.54) is 13.0 Å². The molecule has 0 fully saturated rings. The summed E-state index contributed by atoms with van der Waals surface area (Å²) < 4.78 is 39.4. The van der Waals surface area contributed by atoms with Crippen LogP contribution in [-0.2, 0) is 14.8 Å². The van der Waals surface area contributed by atoms with Crippen molar-refractivity contribution >= 4 is 16.0 Å². The highest BCUT2D eigenvalue weighted by Crippen LogP contribution is 2.17. The fourth-order valence-corrected chi connectivity index (χ4v) is 3.16. The van der Waals surface area contributed by atoms with Gasteiger partial charge in [-0.2, -0.15) is 4.72 Å². The van der Waals surface area contributed by atoms with Crippen LogP contribution in [0.3, 0.4) is 0 Å². The van der Waals surface area contributed by atoms with Gasteiger partial charge in [0.1, 0.15) is 11.9 Å². The predicted molar refractivity (Wildman–Crippen MR) is 67.7 cm³/mol. The molecule has 19 heavy (non-hydrogen) atoms. The van der Waals surface area contributed by atoms with E-state index >= 15 is 0 Å². The number of rotatable bonds is 5. The van der Waals surface area contributed by atoms with Crippen LogP contribution in [0.15, 0.2) is 23.1 Å². The molecule has 0 unspecified atom stereocenters. The fraction of sp³-hybridized carbons (Fsp3) is 0.417. The fourth-order valence-electron chi connectivity index (χ4n) is 1.57. The summed E-state index contributed by atoms with van der Waals surface area (Å²) in [5.41, 5.74) is 0.349. The van der Waals surface area contributed by atoms with Crippen molar-refractivity contribution in [3.05, 3.63) is 29.6 Å². The zero-order valence-corrected chi connectivity index (χ0v) is 11.7. The van der Waals surface area contributed by atoms with Crippen LogP contribution in [0.25, 0.3) is 0 Å². The van der Waals surface area contributed by atoms with Crippen molar-refractivity contribution in [2.45, 2.75) is 31.7 Å². The molecule has 0 bridgehead atoms. The smallest absolute Gasteiger partial charge is 0.322 e. The molecule has 1 aromatic carbocycles. The first-order valence-corrected chi connectivity index (χ1v) is 7.14. The van der Waals surface area contributed by atoms with Crippen molar-refractivity contribution in [2.75, 3.05) is 0 Å². The highest BCUT2D eigenvalue weighted by Gasteiger charge is 2.28. The average Bonchev–Trinajstić information content (AvgIpc) is 2.28. The lowest BCUT2D eigenvalue weighted by Crippen LogP contribution is -2.44. The molecule has 106 valence electrons. The third-order valence-electron chi connectivity index (χ3n) is 2.65. The highest BCUT2D eigenvalue weighted by molar-refractivity contribution is 7.89. The molecule has 0 saturated heterocycles. The van der Waals surface area contributed by atoms with E-state index in [1.807, 2.05) is 0 Å². The largest absolute Gasteiger partial charge is 0.480 e. The van der Waals surface area contributed by atoms with Gasteiger partial charge in [-0.05, 0) is 30.5 Å². The lowest BCUT2D eigenvalue weighted by molar-refractivity contribution is -0.140. The molecule has 0 amide bonds. The SMILES string of the molecule is Cc1ccc(F)cc1S(=O)(=O)N[C@@H](C(=O)O)C(C)C. The van der Waals surface area contributed by atoms with Crippen molar-refractivity contribution in [1.82, 2.24) is 4.72 Å². The molecule has 0 spiro atoms. The van der Waals surface area contributed by atoms with Crippen LogP contribution in [0.2, 0.25) is 0 Å². The summed E-state index contributed by atoms with van der Waals surface area (Å²) in [5, 5.41) is 8.98. The maximum atomic E-state index is 13.1. The van der Waals surface area contributed by atoms with Gasteiger partial charge in [0.2, 0.25) is 10.0 Å². The minimum atomic E-state index is -4.07. The van der Waals surface area contributed by atoms with E-state index in [9.17, 15) is 17.6 Å². The number of carboxylic acids is 1. The number of aryl methyl sites for hydroxylation is 1. The number of nitrogens with one attached hydrogen (secondary N) is 1. The molecule has 0 aliphatic rings. The molecule has 5 nitrogen and oxygen atoms in total. The van der Waals surface area contributed by atoms with Crippen molar-refractivity contribution < 1.29 is 22.7 Å². The zero-order valence-electron chi connectivity index (χ0n) is 10.8. The first-order chi connectivity index (χ1) is 8.65. The Balaban J connectivity index is 3.17. The minimum absolute atomic E-state index is 0.251. The van der Waals surface area contributed by atoms with Gasteiger partial charge in [0.25, 0.3) is 0 Å². The highest BCUT2D eigenvalue weighted by atomic mass is 32.2. The zero-order chi connectivity index (χ0) is 14.8. The van der Waals surface area contributed by atoms with Crippen LogP contribution in [0.4, 0.5) is 4.39 Å². The summed E-state index contributed by atoms with van der Waals surface area (Å²) >= 11 is 0. The number of halogens is 1. The molecule has 0 saturated carbocycles. The molecule has 1 atom stereocenters. The van der Waals surface area contributed by atoms with Crippen molar-refractivity contribution in [3.63, 3.8) is 0 Å². The van der Waals surface area contributed by atoms with Crippen LogP contribution in [0.1, 0.15) is 19.4 Å². The number of carbonyl (C=O) groups is 1. The molecule has 0 aromatic heterocycles. The number of hydrogen-bond donors (Lipinski definition) is 2. The predicted octanol–water partition coefficient (Wildman–Crippen LogP) is 1.52. The van der Waals surface area contributed by atoms with Gasteiger partial charge < -0.3 is 5.11 Å². The number of carboxylic acid groups (broad SMARTS) is 1. The van der Waals surface area contributed by atoms with Crippen LogP contribution < -0.4 is 4.72 Å². The Bertz CT molecular complexity index is 583. The normalized spacial score (nSPS) is 13.5. The van der Waals surface area contributed by atoms with E-state index in [-0.39, 0.29) is 4.90 Å². The second-order valence-electron chi connectivity index (χ2n) is 4.59. The standard InChI is InChI=1S/C12H16FNO4S/c1-7(2)11(12(15)16)14-19(17,18)10-6-9(13)5-4-8(10)3/h4-7,11,14H,1-3H3,(H,15,16)/t11-/m1/s1. The Labute approximate surface area is 111 Å². The summed E-state index contributed by atoms with van der Waals surface area (Å²) in [7, 11) is -4.07. The van der Waals surface area contributed by atoms with Crippen molar-refractivity contribution in [3.8, 4) is 0 Å². The Morgan fingerprint density at radius 2 is 1.95 bits per heavy atom. The first kappa shape index (κ1) is 15.6. The quantitative estimate of drug-likeness (QED) is 0.861. The number of aliphatic carboxylic acids is 1.